The lowest BCUT2D eigenvalue weighted by Crippen LogP contribution is -2.06. The highest BCUT2D eigenvalue weighted by molar-refractivity contribution is 9.10. The molecule has 0 saturated carbocycles. The van der Waals surface area contributed by atoms with Crippen molar-refractivity contribution in [3.63, 3.8) is 0 Å². The quantitative estimate of drug-likeness (QED) is 0.946. The van der Waals surface area contributed by atoms with Crippen LogP contribution in [0, 0.1) is 0 Å². The zero-order valence-electron chi connectivity index (χ0n) is 8.55. The molecule has 0 aliphatic carbocycles. The van der Waals surface area contributed by atoms with Crippen LogP contribution in [-0.4, -0.2) is 9.97 Å². The molecule has 2 N–H and O–H groups in total. The Morgan fingerprint density at radius 1 is 1.50 bits per heavy atom. The number of nitrogen functional groups attached to an aromatic ring is 1. The standard InChI is InChI=1S/C10H10BrN3OS/c1-6(8-4-16-5-14-8)15-9-2-7(11)3-13-10(9)12/h2-6H,1H3,(H2,12,13). The first-order chi connectivity index (χ1) is 7.66. The summed E-state index contributed by atoms with van der Waals surface area (Å²) in [6, 6.07) is 1.80. The fourth-order valence-corrected chi connectivity index (χ4v) is 2.14. The minimum Gasteiger partial charge on any atom is -0.480 e. The van der Waals surface area contributed by atoms with Crippen molar-refractivity contribution in [2.45, 2.75) is 13.0 Å². The number of thiazole rings is 1. The summed E-state index contributed by atoms with van der Waals surface area (Å²) in [5.74, 6) is 0.945. The number of hydrogen-bond donors (Lipinski definition) is 1. The van der Waals surface area contributed by atoms with Gasteiger partial charge in [-0.1, -0.05) is 0 Å². The Kier molecular flexibility index (Phi) is 3.40. The second kappa shape index (κ2) is 4.80. The summed E-state index contributed by atoms with van der Waals surface area (Å²) in [6.45, 7) is 1.93. The van der Waals surface area contributed by atoms with Crippen LogP contribution in [0.2, 0.25) is 0 Å². The van der Waals surface area contributed by atoms with Crippen LogP contribution < -0.4 is 10.5 Å². The summed E-state index contributed by atoms with van der Waals surface area (Å²) in [4.78, 5) is 8.19. The summed E-state index contributed by atoms with van der Waals surface area (Å²) in [5, 5.41) is 1.95. The number of nitrogens with two attached hydrogens (primary N) is 1. The van der Waals surface area contributed by atoms with Gasteiger partial charge in [0.15, 0.2) is 11.6 Å². The van der Waals surface area contributed by atoms with E-state index < -0.39 is 0 Å². The number of nitrogens with zero attached hydrogens (tertiary/aromatic N) is 2. The molecule has 2 heterocycles. The van der Waals surface area contributed by atoms with E-state index in [2.05, 4.69) is 25.9 Å². The van der Waals surface area contributed by atoms with Gasteiger partial charge in [-0.05, 0) is 28.9 Å². The number of rotatable bonds is 3. The number of ether oxygens (including phenoxy) is 1. The van der Waals surface area contributed by atoms with Crippen molar-refractivity contribution in [3.05, 3.63) is 33.3 Å². The molecule has 2 aromatic rings. The van der Waals surface area contributed by atoms with Crippen LogP contribution in [0.25, 0.3) is 0 Å². The smallest absolute Gasteiger partial charge is 0.166 e. The van der Waals surface area contributed by atoms with Gasteiger partial charge in [0.1, 0.15) is 6.10 Å². The van der Waals surface area contributed by atoms with Crippen LogP contribution in [0.5, 0.6) is 5.75 Å². The van der Waals surface area contributed by atoms with Gasteiger partial charge in [-0.25, -0.2) is 9.97 Å². The van der Waals surface area contributed by atoms with Crippen molar-refractivity contribution in [1.82, 2.24) is 9.97 Å². The Balaban J connectivity index is 2.17. The van der Waals surface area contributed by atoms with Crippen molar-refractivity contribution >= 4 is 33.1 Å². The Morgan fingerprint density at radius 3 is 3.00 bits per heavy atom. The van der Waals surface area contributed by atoms with Gasteiger partial charge in [0.05, 0.1) is 11.2 Å². The molecular formula is C10H10BrN3OS. The fourth-order valence-electron chi connectivity index (χ4n) is 1.20. The lowest BCUT2D eigenvalue weighted by atomic mass is 10.3. The van der Waals surface area contributed by atoms with Crippen molar-refractivity contribution in [1.29, 1.82) is 0 Å². The molecule has 6 heteroatoms. The molecule has 0 aromatic carbocycles. The van der Waals surface area contributed by atoms with Crippen LogP contribution in [0.15, 0.2) is 27.6 Å². The molecule has 0 spiro atoms. The van der Waals surface area contributed by atoms with Gasteiger partial charge in [0.2, 0.25) is 0 Å². The van der Waals surface area contributed by atoms with Crippen LogP contribution in [0.4, 0.5) is 5.82 Å². The average molecular weight is 300 g/mol. The maximum atomic E-state index is 5.72. The molecule has 0 amide bonds. The third kappa shape index (κ3) is 2.51. The van der Waals surface area contributed by atoms with E-state index in [-0.39, 0.29) is 6.10 Å². The highest BCUT2D eigenvalue weighted by atomic mass is 79.9. The van der Waals surface area contributed by atoms with Gasteiger partial charge in [0.25, 0.3) is 0 Å². The highest BCUT2D eigenvalue weighted by Gasteiger charge is 2.11. The topological polar surface area (TPSA) is 61.0 Å². The highest BCUT2D eigenvalue weighted by Crippen LogP contribution is 2.28. The summed E-state index contributed by atoms with van der Waals surface area (Å²) >= 11 is 4.86. The predicted octanol–water partition coefficient (Wildman–Crippen LogP) is 3.02. The lowest BCUT2D eigenvalue weighted by molar-refractivity contribution is 0.223. The molecule has 84 valence electrons. The largest absolute Gasteiger partial charge is 0.480 e. The van der Waals surface area contributed by atoms with E-state index in [4.69, 9.17) is 10.5 Å². The molecule has 0 radical (unpaired) electrons. The van der Waals surface area contributed by atoms with Gasteiger partial charge in [-0.3, -0.25) is 0 Å². The van der Waals surface area contributed by atoms with E-state index >= 15 is 0 Å². The maximum absolute atomic E-state index is 5.72. The SMILES string of the molecule is CC(Oc1cc(Br)cnc1N)c1cscn1. The van der Waals surface area contributed by atoms with Crippen LogP contribution in [0.1, 0.15) is 18.7 Å². The molecule has 0 bridgehead atoms. The number of pyridine rings is 1. The minimum atomic E-state index is -0.135. The number of hydrogen-bond acceptors (Lipinski definition) is 5. The van der Waals surface area contributed by atoms with Crippen molar-refractivity contribution in [2.24, 2.45) is 0 Å². The molecule has 2 rings (SSSR count). The zero-order chi connectivity index (χ0) is 11.5. The zero-order valence-corrected chi connectivity index (χ0v) is 11.0. The van der Waals surface area contributed by atoms with E-state index in [1.54, 1.807) is 17.8 Å². The fraction of sp³-hybridized carbons (Fsp3) is 0.200. The Hall–Kier alpha value is -1.14. The first-order valence-corrected chi connectivity index (χ1v) is 6.36. The molecular weight excluding hydrogens is 290 g/mol. The monoisotopic (exact) mass is 299 g/mol. The van der Waals surface area contributed by atoms with Crippen molar-refractivity contribution in [3.8, 4) is 5.75 Å². The summed E-state index contributed by atoms with van der Waals surface area (Å²) in [5.41, 5.74) is 8.38. The molecule has 1 atom stereocenters. The Bertz CT molecular complexity index is 475. The molecule has 1 unspecified atom stereocenters. The van der Waals surface area contributed by atoms with Crippen LogP contribution in [0.3, 0.4) is 0 Å². The first kappa shape index (κ1) is 11.3. The van der Waals surface area contributed by atoms with Gasteiger partial charge >= 0.3 is 0 Å². The third-order valence-electron chi connectivity index (χ3n) is 2.02. The van der Waals surface area contributed by atoms with E-state index in [1.807, 2.05) is 12.3 Å². The van der Waals surface area contributed by atoms with Gasteiger partial charge in [0, 0.05) is 16.0 Å². The Morgan fingerprint density at radius 2 is 2.31 bits per heavy atom. The summed E-state index contributed by atoms with van der Waals surface area (Å²) < 4.78 is 6.53. The Labute approximate surface area is 106 Å². The summed E-state index contributed by atoms with van der Waals surface area (Å²) in [7, 11) is 0. The molecule has 0 aliphatic rings. The van der Waals surface area contributed by atoms with Crippen LogP contribution >= 0.6 is 27.3 Å². The third-order valence-corrected chi connectivity index (χ3v) is 3.06. The second-order valence-electron chi connectivity index (χ2n) is 3.21. The molecule has 16 heavy (non-hydrogen) atoms. The second-order valence-corrected chi connectivity index (χ2v) is 4.84. The maximum Gasteiger partial charge on any atom is 0.166 e. The van der Waals surface area contributed by atoms with E-state index in [9.17, 15) is 0 Å². The van der Waals surface area contributed by atoms with Crippen LogP contribution in [-0.2, 0) is 0 Å². The normalized spacial score (nSPS) is 12.4. The molecule has 0 aliphatic heterocycles. The molecule has 0 saturated heterocycles. The van der Waals surface area contributed by atoms with Gasteiger partial charge in [-0.2, -0.15) is 0 Å². The molecule has 2 aromatic heterocycles. The average Bonchev–Trinajstić information content (AvgIpc) is 2.76. The van der Waals surface area contributed by atoms with Gasteiger partial charge in [-0.15, -0.1) is 11.3 Å². The predicted molar refractivity (Wildman–Crippen MR) is 67.5 cm³/mol. The van der Waals surface area contributed by atoms with E-state index in [0.29, 0.717) is 11.6 Å². The van der Waals surface area contributed by atoms with Gasteiger partial charge < -0.3 is 10.5 Å². The molecule has 4 nitrogen and oxygen atoms in total. The van der Waals surface area contributed by atoms with Crippen molar-refractivity contribution in [2.75, 3.05) is 5.73 Å². The van der Waals surface area contributed by atoms with E-state index in [1.165, 1.54) is 11.3 Å². The lowest BCUT2D eigenvalue weighted by Gasteiger charge is -2.13. The first-order valence-electron chi connectivity index (χ1n) is 4.62. The van der Waals surface area contributed by atoms with E-state index in [0.717, 1.165) is 10.2 Å². The molecule has 0 fully saturated rings. The number of halogens is 1. The minimum absolute atomic E-state index is 0.135. The number of aromatic nitrogens is 2. The number of anilines is 1. The van der Waals surface area contributed by atoms with Crippen molar-refractivity contribution < 1.29 is 4.74 Å². The summed E-state index contributed by atoms with van der Waals surface area (Å²) in [6.07, 6.45) is 1.50.